The van der Waals surface area contributed by atoms with Crippen LogP contribution in [0.1, 0.15) is 17.3 Å². The molecular formula is C11H17N3O2. The third kappa shape index (κ3) is 1.97. The third-order valence-corrected chi connectivity index (χ3v) is 2.70. The Labute approximate surface area is 94.9 Å². The summed E-state index contributed by atoms with van der Waals surface area (Å²) in [7, 11) is 1.85. The van der Waals surface area contributed by atoms with E-state index in [1.54, 1.807) is 0 Å². The van der Waals surface area contributed by atoms with Crippen LogP contribution in [0.5, 0.6) is 11.5 Å². The lowest BCUT2D eigenvalue weighted by Crippen LogP contribution is -2.37. The number of fused-ring (bicyclic) bond motifs is 1. The van der Waals surface area contributed by atoms with Crippen LogP contribution >= 0.6 is 0 Å². The molecule has 0 saturated carbocycles. The lowest BCUT2D eigenvalue weighted by atomic mass is 10.0. The van der Waals surface area contributed by atoms with Crippen LogP contribution in [-0.2, 0) is 0 Å². The smallest absolute Gasteiger partial charge is 0.161 e. The molecule has 1 unspecified atom stereocenters. The van der Waals surface area contributed by atoms with Gasteiger partial charge in [0.25, 0.3) is 0 Å². The van der Waals surface area contributed by atoms with Crippen molar-refractivity contribution in [2.24, 2.45) is 5.84 Å². The molecule has 0 amide bonds. The Kier molecular flexibility index (Phi) is 3.28. The summed E-state index contributed by atoms with van der Waals surface area (Å²) in [6.45, 7) is 3.22. The van der Waals surface area contributed by atoms with Crippen LogP contribution in [0, 0.1) is 6.92 Å². The number of nitrogens with one attached hydrogen (secondary N) is 2. The highest BCUT2D eigenvalue weighted by Gasteiger charge is 2.17. The molecule has 0 radical (unpaired) electrons. The van der Waals surface area contributed by atoms with Gasteiger partial charge in [-0.2, -0.15) is 0 Å². The molecular weight excluding hydrogens is 206 g/mol. The molecule has 5 heteroatoms. The minimum atomic E-state index is -0.0872. The molecule has 0 fully saturated rings. The zero-order valence-electron chi connectivity index (χ0n) is 9.54. The Hall–Kier alpha value is -1.30. The van der Waals surface area contributed by atoms with Crippen molar-refractivity contribution in [2.75, 3.05) is 20.3 Å². The van der Waals surface area contributed by atoms with E-state index in [1.165, 1.54) is 0 Å². The molecule has 1 aliphatic heterocycles. The number of hydrogen-bond donors (Lipinski definition) is 3. The molecule has 1 aromatic rings. The monoisotopic (exact) mass is 223 g/mol. The predicted molar refractivity (Wildman–Crippen MR) is 61.3 cm³/mol. The van der Waals surface area contributed by atoms with Crippen LogP contribution in [0.3, 0.4) is 0 Å². The molecule has 0 aliphatic carbocycles. The first-order valence-corrected chi connectivity index (χ1v) is 5.29. The maximum absolute atomic E-state index is 5.54. The Bertz CT molecular complexity index is 378. The predicted octanol–water partition coefficient (Wildman–Crippen LogP) is 0.448. The van der Waals surface area contributed by atoms with Gasteiger partial charge in [0, 0.05) is 0 Å². The molecule has 1 aromatic carbocycles. The highest BCUT2D eigenvalue weighted by Crippen LogP contribution is 2.34. The third-order valence-electron chi connectivity index (χ3n) is 2.70. The molecule has 88 valence electrons. The standard InChI is InChI=1S/C11H17N3O2/c1-7-5-9-10(16-4-3-15-9)6-8(7)11(13-2)14-12/h5-6,11,13-14H,3-4,12H2,1-2H3. The second kappa shape index (κ2) is 4.69. The van der Waals surface area contributed by atoms with Gasteiger partial charge in [-0.25, -0.2) is 5.43 Å². The summed E-state index contributed by atoms with van der Waals surface area (Å²) in [6.07, 6.45) is -0.0872. The van der Waals surface area contributed by atoms with Crippen LogP contribution in [0.2, 0.25) is 0 Å². The van der Waals surface area contributed by atoms with Crippen LogP contribution in [0.15, 0.2) is 12.1 Å². The largest absolute Gasteiger partial charge is 0.486 e. The van der Waals surface area contributed by atoms with E-state index in [0.29, 0.717) is 13.2 Å². The summed E-state index contributed by atoms with van der Waals surface area (Å²) >= 11 is 0. The SMILES string of the molecule is CNC(NN)c1cc2c(cc1C)OCCO2. The molecule has 1 atom stereocenters. The average Bonchev–Trinajstić information content (AvgIpc) is 2.31. The van der Waals surface area contributed by atoms with E-state index in [0.717, 1.165) is 22.6 Å². The molecule has 2 rings (SSSR count). The van der Waals surface area contributed by atoms with Gasteiger partial charge in [0.2, 0.25) is 0 Å². The first-order chi connectivity index (χ1) is 7.76. The van der Waals surface area contributed by atoms with Gasteiger partial charge in [0.15, 0.2) is 11.5 Å². The fourth-order valence-electron chi connectivity index (χ4n) is 1.85. The van der Waals surface area contributed by atoms with Gasteiger partial charge in [0.1, 0.15) is 13.2 Å². The van der Waals surface area contributed by atoms with Crippen LogP contribution in [0.4, 0.5) is 0 Å². The molecule has 5 nitrogen and oxygen atoms in total. The van der Waals surface area contributed by atoms with Gasteiger partial charge in [-0.05, 0) is 37.2 Å². The second-order valence-electron chi connectivity index (χ2n) is 3.74. The quantitative estimate of drug-likeness (QED) is 0.394. The normalized spacial score (nSPS) is 15.9. The lowest BCUT2D eigenvalue weighted by molar-refractivity contribution is 0.171. The van der Waals surface area contributed by atoms with E-state index in [9.17, 15) is 0 Å². The molecule has 0 spiro atoms. The molecule has 4 N–H and O–H groups in total. The topological polar surface area (TPSA) is 68.5 Å². The van der Waals surface area contributed by atoms with Crippen molar-refractivity contribution in [1.82, 2.24) is 10.7 Å². The number of rotatable bonds is 3. The Morgan fingerprint density at radius 3 is 2.44 bits per heavy atom. The summed E-state index contributed by atoms with van der Waals surface area (Å²) in [4.78, 5) is 0. The maximum Gasteiger partial charge on any atom is 0.161 e. The van der Waals surface area contributed by atoms with Crippen molar-refractivity contribution < 1.29 is 9.47 Å². The van der Waals surface area contributed by atoms with Crippen LogP contribution in [0.25, 0.3) is 0 Å². The van der Waals surface area contributed by atoms with E-state index in [-0.39, 0.29) is 6.17 Å². The fourth-order valence-corrected chi connectivity index (χ4v) is 1.85. The minimum absolute atomic E-state index is 0.0872. The van der Waals surface area contributed by atoms with E-state index in [2.05, 4.69) is 10.7 Å². The van der Waals surface area contributed by atoms with Gasteiger partial charge in [-0.15, -0.1) is 0 Å². The molecule has 1 aliphatic rings. The van der Waals surface area contributed by atoms with Crippen LogP contribution in [-0.4, -0.2) is 20.3 Å². The average molecular weight is 223 g/mol. The first-order valence-electron chi connectivity index (χ1n) is 5.29. The number of aryl methyl sites for hydroxylation is 1. The Morgan fingerprint density at radius 2 is 1.88 bits per heavy atom. The second-order valence-corrected chi connectivity index (χ2v) is 3.74. The highest BCUT2D eigenvalue weighted by molar-refractivity contribution is 5.48. The minimum Gasteiger partial charge on any atom is -0.486 e. The molecule has 0 aromatic heterocycles. The van der Waals surface area contributed by atoms with Crippen molar-refractivity contribution in [2.45, 2.75) is 13.1 Å². The number of ether oxygens (including phenoxy) is 2. The zero-order valence-corrected chi connectivity index (χ0v) is 9.54. The Balaban J connectivity index is 2.38. The Morgan fingerprint density at radius 1 is 1.25 bits per heavy atom. The summed E-state index contributed by atoms with van der Waals surface area (Å²) in [5, 5.41) is 3.08. The van der Waals surface area contributed by atoms with Gasteiger partial charge in [-0.1, -0.05) is 0 Å². The lowest BCUT2D eigenvalue weighted by Gasteiger charge is -2.23. The van der Waals surface area contributed by atoms with Crippen molar-refractivity contribution in [3.63, 3.8) is 0 Å². The summed E-state index contributed by atoms with van der Waals surface area (Å²) in [6, 6.07) is 3.94. The summed E-state index contributed by atoms with van der Waals surface area (Å²) in [5.41, 5.74) is 4.88. The number of hydrazine groups is 1. The molecule has 0 bridgehead atoms. The van der Waals surface area contributed by atoms with Gasteiger partial charge < -0.3 is 14.8 Å². The number of nitrogens with two attached hydrogens (primary N) is 1. The van der Waals surface area contributed by atoms with E-state index < -0.39 is 0 Å². The van der Waals surface area contributed by atoms with Gasteiger partial charge in [0.05, 0.1) is 6.17 Å². The molecule has 1 heterocycles. The summed E-state index contributed by atoms with van der Waals surface area (Å²) in [5.74, 6) is 7.06. The number of hydrogen-bond acceptors (Lipinski definition) is 5. The van der Waals surface area contributed by atoms with E-state index in [1.807, 2.05) is 26.1 Å². The fraction of sp³-hybridized carbons (Fsp3) is 0.455. The van der Waals surface area contributed by atoms with Crippen molar-refractivity contribution >= 4 is 0 Å². The zero-order chi connectivity index (χ0) is 11.5. The van der Waals surface area contributed by atoms with E-state index >= 15 is 0 Å². The van der Waals surface area contributed by atoms with Crippen molar-refractivity contribution in [3.8, 4) is 11.5 Å². The maximum atomic E-state index is 5.54. The highest BCUT2D eigenvalue weighted by atomic mass is 16.6. The van der Waals surface area contributed by atoms with E-state index in [4.69, 9.17) is 15.3 Å². The van der Waals surface area contributed by atoms with Crippen molar-refractivity contribution in [3.05, 3.63) is 23.3 Å². The number of benzene rings is 1. The van der Waals surface area contributed by atoms with Gasteiger partial charge in [-0.3, -0.25) is 5.84 Å². The first kappa shape index (κ1) is 11.2. The molecule has 0 saturated heterocycles. The summed E-state index contributed by atoms with van der Waals surface area (Å²) < 4.78 is 11.0. The van der Waals surface area contributed by atoms with Crippen molar-refractivity contribution in [1.29, 1.82) is 0 Å². The van der Waals surface area contributed by atoms with Crippen LogP contribution < -0.4 is 26.1 Å². The van der Waals surface area contributed by atoms with Gasteiger partial charge >= 0.3 is 0 Å². The molecule has 16 heavy (non-hydrogen) atoms.